The number of anilines is 1. The van der Waals surface area contributed by atoms with Crippen LogP contribution in [0.25, 0.3) is 0 Å². The first-order chi connectivity index (χ1) is 9.58. The zero-order valence-corrected chi connectivity index (χ0v) is 13.1. The summed E-state index contributed by atoms with van der Waals surface area (Å²) in [4.78, 5) is 11.9. The number of amides is 1. The standard InChI is InChI=1S/C15H23ClN2O2/c1-4-5-6-9-17-15(19)11(2)18-14-10-12(20-3)7-8-13(14)16/h7-8,10-11,18H,4-6,9H2,1-3H3,(H,17,19). The molecule has 0 spiro atoms. The molecule has 0 aliphatic heterocycles. The second-order valence-corrected chi connectivity index (χ2v) is 5.12. The third-order valence-electron chi connectivity index (χ3n) is 3.02. The number of methoxy groups -OCH3 is 1. The molecule has 1 amide bonds. The molecule has 0 radical (unpaired) electrons. The Hall–Kier alpha value is -1.42. The highest BCUT2D eigenvalue weighted by Crippen LogP contribution is 2.27. The molecule has 0 aliphatic rings. The minimum atomic E-state index is -0.346. The largest absolute Gasteiger partial charge is 0.497 e. The summed E-state index contributed by atoms with van der Waals surface area (Å²) in [5.74, 6) is 0.674. The molecule has 1 aromatic carbocycles. The molecule has 1 unspecified atom stereocenters. The van der Waals surface area contributed by atoms with Gasteiger partial charge in [0, 0.05) is 12.6 Å². The fourth-order valence-corrected chi connectivity index (χ4v) is 1.95. The van der Waals surface area contributed by atoms with Gasteiger partial charge in [0.25, 0.3) is 0 Å². The minimum absolute atomic E-state index is 0.0278. The van der Waals surface area contributed by atoms with Gasteiger partial charge < -0.3 is 15.4 Å². The van der Waals surface area contributed by atoms with Crippen molar-refractivity contribution in [3.8, 4) is 5.75 Å². The van der Waals surface area contributed by atoms with E-state index in [1.54, 1.807) is 25.3 Å². The van der Waals surface area contributed by atoms with E-state index in [9.17, 15) is 4.79 Å². The predicted octanol–water partition coefficient (Wildman–Crippen LogP) is 3.46. The van der Waals surface area contributed by atoms with Crippen LogP contribution < -0.4 is 15.4 Å². The smallest absolute Gasteiger partial charge is 0.242 e. The first-order valence-electron chi connectivity index (χ1n) is 6.96. The van der Waals surface area contributed by atoms with E-state index in [1.807, 2.05) is 6.92 Å². The second kappa shape index (κ2) is 8.69. The first-order valence-corrected chi connectivity index (χ1v) is 7.34. The quantitative estimate of drug-likeness (QED) is 0.723. The van der Waals surface area contributed by atoms with E-state index in [2.05, 4.69) is 17.6 Å². The van der Waals surface area contributed by atoms with Gasteiger partial charge in [-0.25, -0.2) is 0 Å². The number of ether oxygens (including phenoxy) is 1. The van der Waals surface area contributed by atoms with Crippen molar-refractivity contribution in [3.05, 3.63) is 23.2 Å². The predicted molar refractivity (Wildman–Crippen MR) is 83.6 cm³/mol. The maximum atomic E-state index is 11.9. The van der Waals surface area contributed by atoms with Crippen molar-refractivity contribution >= 4 is 23.2 Å². The number of halogens is 1. The van der Waals surface area contributed by atoms with Gasteiger partial charge in [-0.1, -0.05) is 31.4 Å². The lowest BCUT2D eigenvalue weighted by Gasteiger charge is -2.16. The fraction of sp³-hybridized carbons (Fsp3) is 0.533. The number of carbonyl (C=O) groups excluding carboxylic acids is 1. The van der Waals surface area contributed by atoms with Crippen LogP contribution in [0.5, 0.6) is 5.75 Å². The van der Waals surface area contributed by atoms with Crippen LogP contribution in [-0.2, 0) is 4.79 Å². The van der Waals surface area contributed by atoms with Gasteiger partial charge in [-0.3, -0.25) is 4.79 Å². The Balaban J connectivity index is 2.52. The van der Waals surface area contributed by atoms with E-state index >= 15 is 0 Å². The lowest BCUT2D eigenvalue weighted by molar-refractivity contribution is -0.121. The molecule has 0 fully saturated rings. The average Bonchev–Trinajstić information content (AvgIpc) is 2.45. The van der Waals surface area contributed by atoms with Crippen LogP contribution in [-0.4, -0.2) is 25.6 Å². The number of carbonyl (C=O) groups is 1. The highest BCUT2D eigenvalue weighted by molar-refractivity contribution is 6.33. The summed E-state index contributed by atoms with van der Waals surface area (Å²) in [7, 11) is 1.59. The Bertz CT molecular complexity index is 438. The third-order valence-corrected chi connectivity index (χ3v) is 3.35. The van der Waals surface area contributed by atoms with Crippen LogP contribution in [0.15, 0.2) is 18.2 Å². The number of rotatable bonds is 8. The Labute approximate surface area is 125 Å². The normalized spacial score (nSPS) is 11.8. The molecule has 0 saturated heterocycles. The highest BCUT2D eigenvalue weighted by atomic mass is 35.5. The maximum Gasteiger partial charge on any atom is 0.242 e. The maximum absolute atomic E-state index is 11.9. The van der Waals surface area contributed by atoms with Gasteiger partial charge in [-0.15, -0.1) is 0 Å². The van der Waals surface area contributed by atoms with Gasteiger partial charge >= 0.3 is 0 Å². The SMILES string of the molecule is CCCCCNC(=O)C(C)Nc1cc(OC)ccc1Cl. The van der Waals surface area contributed by atoms with Crippen LogP contribution in [0.1, 0.15) is 33.1 Å². The van der Waals surface area contributed by atoms with Crippen LogP contribution in [0.3, 0.4) is 0 Å². The van der Waals surface area contributed by atoms with Crippen LogP contribution >= 0.6 is 11.6 Å². The summed E-state index contributed by atoms with van der Waals surface area (Å²) in [6.45, 7) is 4.66. The monoisotopic (exact) mass is 298 g/mol. The number of unbranched alkanes of at least 4 members (excludes halogenated alkanes) is 2. The lowest BCUT2D eigenvalue weighted by Crippen LogP contribution is -2.38. The Morgan fingerprint density at radius 3 is 2.80 bits per heavy atom. The molecule has 2 N–H and O–H groups in total. The average molecular weight is 299 g/mol. The molecule has 5 heteroatoms. The number of hydrogen-bond donors (Lipinski definition) is 2. The molecule has 0 saturated carbocycles. The fourth-order valence-electron chi connectivity index (χ4n) is 1.78. The molecule has 0 aromatic heterocycles. The highest BCUT2D eigenvalue weighted by Gasteiger charge is 2.13. The van der Waals surface area contributed by atoms with Crippen molar-refractivity contribution in [2.75, 3.05) is 19.0 Å². The summed E-state index contributed by atoms with van der Waals surface area (Å²) in [5, 5.41) is 6.58. The number of nitrogens with one attached hydrogen (secondary N) is 2. The van der Waals surface area contributed by atoms with Gasteiger partial charge in [0.1, 0.15) is 11.8 Å². The zero-order chi connectivity index (χ0) is 15.0. The molecule has 1 rings (SSSR count). The molecule has 112 valence electrons. The van der Waals surface area contributed by atoms with Gasteiger partial charge in [0.05, 0.1) is 17.8 Å². The van der Waals surface area contributed by atoms with Crippen molar-refractivity contribution in [2.24, 2.45) is 0 Å². The molecular formula is C15H23ClN2O2. The zero-order valence-electron chi connectivity index (χ0n) is 12.3. The number of hydrogen-bond acceptors (Lipinski definition) is 3. The molecule has 20 heavy (non-hydrogen) atoms. The Kier molecular flexibility index (Phi) is 7.23. The lowest BCUT2D eigenvalue weighted by atomic mass is 10.2. The molecule has 4 nitrogen and oxygen atoms in total. The summed E-state index contributed by atoms with van der Waals surface area (Å²) in [5.41, 5.74) is 0.697. The van der Waals surface area contributed by atoms with E-state index < -0.39 is 0 Å². The van der Waals surface area contributed by atoms with Gasteiger partial charge in [-0.2, -0.15) is 0 Å². The van der Waals surface area contributed by atoms with Crippen molar-refractivity contribution in [3.63, 3.8) is 0 Å². The molecule has 0 heterocycles. The molecule has 1 aromatic rings. The topological polar surface area (TPSA) is 50.4 Å². The summed E-state index contributed by atoms with van der Waals surface area (Å²) >= 11 is 6.10. The Morgan fingerprint density at radius 2 is 2.15 bits per heavy atom. The van der Waals surface area contributed by atoms with E-state index in [1.165, 1.54) is 0 Å². The Morgan fingerprint density at radius 1 is 1.40 bits per heavy atom. The van der Waals surface area contributed by atoms with Gasteiger partial charge in [-0.05, 0) is 25.5 Å². The molecule has 0 aliphatic carbocycles. The number of benzene rings is 1. The van der Waals surface area contributed by atoms with Gasteiger partial charge in [0.2, 0.25) is 5.91 Å². The van der Waals surface area contributed by atoms with Crippen molar-refractivity contribution in [1.82, 2.24) is 5.32 Å². The molecule has 0 bridgehead atoms. The first kappa shape index (κ1) is 16.6. The van der Waals surface area contributed by atoms with Crippen LogP contribution in [0.2, 0.25) is 5.02 Å². The van der Waals surface area contributed by atoms with Crippen molar-refractivity contribution < 1.29 is 9.53 Å². The van der Waals surface area contributed by atoms with E-state index in [0.717, 1.165) is 19.3 Å². The summed E-state index contributed by atoms with van der Waals surface area (Å²) in [6, 6.07) is 4.96. The van der Waals surface area contributed by atoms with E-state index in [0.29, 0.717) is 23.0 Å². The second-order valence-electron chi connectivity index (χ2n) is 4.71. The van der Waals surface area contributed by atoms with E-state index in [-0.39, 0.29) is 11.9 Å². The van der Waals surface area contributed by atoms with Crippen LogP contribution in [0.4, 0.5) is 5.69 Å². The minimum Gasteiger partial charge on any atom is -0.497 e. The summed E-state index contributed by atoms with van der Waals surface area (Å²) < 4.78 is 5.14. The summed E-state index contributed by atoms with van der Waals surface area (Å²) in [6.07, 6.45) is 3.28. The third kappa shape index (κ3) is 5.29. The van der Waals surface area contributed by atoms with Crippen LogP contribution in [0, 0.1) is 0 Å². The van der Waals surface area contributed by atoms with E-state index in [4.69, 9.17) is 16.3 Å². The van der Waals surface area contributed by atoms with Crippen molar-refractivity contribution in [1.29, 1.82) is 0 Å². The van der Waals surface area contributed by atoms with Gasteiger partial charge in [0.15, 0.2) is 0 Å². The molecule has 1 atom stereocenters. The van der Waals surface area contributed by atoms with Crippen molar-refractivity contribution in [2.45, 2.75) is 39.2 Å². The molecular weight excluding hydrogens is 276 g/mol.